The Bertz CT molecular complexity index is 998. The lowest BCUT2D eigenvalue weighted by atomic mass is 10.1. The molecule has 10 heteroatoms. The Morgan fingerprint density at radius 1 is 0.931 bits per heavy atom. The molecule has 1 saturated heterocycles. The molecule has 0 aromatic heterocycles. The van der Waals surface area contributed by atoms with Gasteiger partial charge in [0.1, 0.15) is 16.4 Å². The number of nitrogens with zero attached hydrogens (tertiary/aromatic N) is 1. The van der Waals surface area contributed by atoms with Crippen molar-refractivity contribution in [1.82, 2.24) is 4.31 Å². The molecule has 1 unspecified atom stereocenters. The maximum absolute atomic E-state index is 13.5. The smallest absolute Gasteiger partial charge is 0.248 e. The molecule has 1 atom stereocenters. The summed E-state index contributed by atoms with van der Waals surface area (Å²) < 4.78 is 49.9. The number of hydrogen-bond acceptors (Lipinski definition) is 7. The van der Waals surface area contributed by atoms with Crippen molar-refractivity contribution in [1.29, 1.82) is 0 Å². The van der Waals surface area contributed by atoms with Crippen molar-refractivity contribution in [3.8, 4) is 23.0 Å². The van der Waals surface area contributed by atoms with Gasteiger partial charge >= 0.3 is 0 Å². The molecule has 1 aliphatic heterocycles. The monoisotopic (exact) mass is 459 g/mol. The Balaban J connectivity index is 2.10. The van der Waals surface area contributed by atoms with Crippen LogP contribution in [0.2, 0.25) is 5.02 Å². The van der Waals surface area contributed by atoms with Gasteiger partial charge in [0.15, 0.2) is 11.5 Å². The van der Waals surface area contributed by atoms with Gasteiger partial charge in [-0.3, -0.25) is 0 Å². The summed E-state index contributed by atoms with van der Waals surface area (Å²) in [6, 6.07) is 7.98. The second kappa shape index (κ2) is 8.91. The standard InChI is InChI=1S/C19H22ClNO6S2/c1-24-14-6-5-12(20)9-18(14)29(22,23)21-7-8-28-19(21)13-10-16(26-3)17(27-4)11-15(13)25-2/h5-6,9-11,19H,7-8H2,1-4H3. The number of methoxy groups -OCH3 is 4. The van der Waals surface area contributed by atoms with Crippen molar-refractivity contribution in [2.75, 3.05) is 40.7 Å². The SMILES string of the molecule is COc1cc(OC)c(C2SCCN2S(=O)(=O)c2cc(Cl)ccc2OC)cc1OC. The number of rotatable bonds is 7. The minimum atomic E-state index is -3.89. The fourth-order valence-corrected chi connectivity index (χ4v) is 6.84. The van der Waals surface area contributed by atoms with E-state index in [1.165, 1.54) is 50.6 Å². The van der Waals surface area contributed by atoms with Crippen molar-refractivity contribution in [3.05, 3.63) is 40.9 Å². The molecule has 2 aromatic rings. The summed E-state index contributed by atoms with van der Waals surface area (Å²) in [5.74, 6) is 2.38. The molecule has 0 radical (unpaired) electrons. The van der Waals surface area contributed by atoms with E-state index in [4.69, 9.17) is 30.5 Å². The third-order valence-electron chi connectivity index (χ3n) is 4.56. The van der Waals surface area contributed by atoms with Crippen LogP contribution in [0.4, 0.5) is 0 Å². The quantitative estimate of drug-likeness (QED) is 0.623. The Morgan fingerprint density at radius 3 is 2.17 bits per heavy atom. The van der Waals surface area contributed by atoms with Crippen LogP contribution >= 0.6 is 23.4 Å². The van der Waals surface area contributed by atoms with E-state index in [1.54, 1.807) is 24.3 Å². The lowest BCUT2D eigenvalue weighted by molar-refractivity contribution is 0.344. The molecule has 7 nitrogen and oxygen atoms in total. The largest absolute Gasteiger partial charge is 0.496 e. The maximum atomic E-state index is 13.5. The van der Waals surface area contributed by atoms with E-state index >= 15 is 0 Å². The van der Waals surface area contributed by atoms with Gasteiger partial charge in [-0.1, -0.05) is 11.6 Å². The Labute approximate surface area is 179 Å². The highest BCUT2D eigenvalue weighted by Gasteiger charge is 2.40. The van der Waals surface area contributed by atoms with E-state index in [9.17, 15) is 8.42 Å². The first-order chi connectivity index (χ1) is 13.9. The van der Waals surface area contributed by atoms with E-state index in [0.717, 1.165) is 0 Å². The van der Waals surface area contributed by atoms with Crippen LogP contribution in [0.1, 0.15) is 10.9 Å². The average Bonchev–Trinajstić information content (AvgIpc) is 3.23. The molecule has 2 aromatic carbocycles. The first-order valence-electron chi connectivity index (χ1n) is 8.64. The first-order valence-corrected chi connectivity index (χ1v) is 11.5. The first kappa shape index (κ1) is 21.9. The van der Waals surface area contributed by atoms with Gasteiger partial charge in [0, 0.05) is 29.0 Å². The number of thioether (sulfide) groups is 1. The molecule has 0 aliphatic carbocycles. The van der Waals surface area contributed by atoms with Gasteiger partial charge in [-0.15, -0.1) is 11.8 Å². The fraction of sp³-hybridized carbons (Fsp3) is 0.368. The second-order valence-electron chi connectivity index (χ2n) is 6.08. The van der Waals surface area contributed by atoms with Crippen molar-refractivity contribution in [2.24, 2.45) is 0 Å². The van der Waals surface area contributed by atoms with Gasteiger partial charge in [-0.05, 0) is 24.3 Å². The summed E-state index contributed by atoms with van der Waals surface area (Å²) >= 11 is 7.57. The number of sulfonamides is 1. The molecule has 0 bridgehead atoms. The van der Waals surface area contributed by atoms with Gasteiger partial charge in [-0.2, -0.15) is 4.31 Å². The van der Waals surface area contributed by atoms with Crippen LogP contribution < -0.4 is 18.9 Å². The number of benzene rings is 2. The molecule has 0 N–H and O–H groups in total. The topological polar surface area (TPSA) is 74.3 Å². The van der Waals surface area contributed by atoms with Crippen molar-refractivity contribution in [2.45, 2.75) is 10.3 Å². The number of ether oxygens (including phenoxy) is 4. The third-order valence-corrected chi connectivity index (χ3v) is 8.06. The molecule has 1 aliphatic rings. The predicted molar refractivity (Wildman–Crippen MR) is 113 cm³/mol. The highest BCUT2D eigenvalue weighted by molar-refractivity contribution is 8.01. The molecule has 29 heavy (non-hydrogen) atoms. The number of hydrogen-bond donors (Lipinski definition) is 0. The van der Waals surface area contributed by atoms with Crippen LogP contribution in [-0.2, 0) is 10.0 Å². The molecule has 1 fully saturated rings. The summed E-state index contributed by atoms with van der Waals surface area (Å²) in [5.41, 5.74) is 0.678. The van der Waals surface area contributed by atoms with E-state index in [-0.39, 0.29) is 10.6 Å². The van der Waals surface area contributed by atoms with Crippen molar-refractivity contribution in [3.63, 3.8) is 0 Å². The normalized spacial score (nSPS) is 17.2. The van der Waals surface area contributed by atoms with E-state index in [2.05, 4.69) is 0 Å². The number of halogens is 1. The Hall–Kier alpha value is -1.81. The molecule has 158 valence electrons. The summed E-state index contributed by atoms with van der Waals surface area (Å²) in [6.07, 6.45) is 0. The zero-order valence-corrected chi connectivity index (χ0v) is 18.9. The van der Waals surface area contributed by atoms with E-state index in [1.807, 2.05) is 0 Å². The highest BCUT2D eigenvalue weighted by Crippen LogP contribution is 2.48. The molecule has 3 rings (SSSR count). The minimum absolute atomic E-state index is 0.0273. The van der Waals surface area contributed by atoms with Crippen molar-refractivity contribution < 1.29 is 27.4 Å². The Morgan fingerprint density at radius 2 is 1.55 bits per heavy atom. The minimum Gasteiger partial charge on any atom is -0.496 e. The zero-order chi connectivity index (χ0) is 21.2. The zero-order valence-electron chi connectivity index (χ0n) is 16.5. The summed E-state index contributed by atoms with van der Waals surface area (Å²) in [6.45, 7) is 0.338. The van der Waals surface area contributed by atoms with Crippen LogP contribution in [0.25, 0.3) is 0 Å². The van der Waals surface area contributed by atoms with Crippen molar-refractivity contribution >= 4 is 33.4 Å². The maximum Gasteiger partial charge on any atom is 0.248 e. The molecular weight excluding hydrogens is 438 g/mol. The molecular formula is C19H22ClNO6S2. The lowest BCUT2D eigenvalue weighted by Crippen LogP contribution is -2.31. The lowest BCUT2D eigenvalue weighted by Gasteiger charge is -2.26. The van der Waals surface area contributed by atoms with E-state index < -0.39 is 15.4 Å². The molecule has 1 heterocycles. The van der Waals surface area contributed by atoms with Crippen LogP contribution in [0.3, 0.4) is 0 Å². The van der Waals surface area contributed by atoms with Gasteiger partial charge in [0.2, 0.25) is 10.0 Å². The van der Waals surface area contributed by atoms with Gasteiger partial charge in [0.05, 0.1) is 33.8 Å². The predicted octanol–water partition coefficient (Wildman–Crippen LogP) is 3.81. The van der Waals surface area contributed by atoms with Gasteiger partial charge in [-0.25, -0.2) is 8.42 Å². The molecule has 0 saturated carbocycles. The van der Waals surface area contributed by atoms with Gasteiger partial charge < -0.3 is 18.9 Å². The summed E-state index contributed by atoms with van der Waals surface area (Å²) in [7, 11) is 2.13. The summed E-state index contributed by atoms with van der Waals surface area (Å²) in [4.78, 5) is 0.0273. The molecule has 0 amide bonds. The second-order valence-corrected chi connectivity index (χ2v) is 9.57. The van der Waals surface area contributed by atoms with Crippen LogP contribution in [-0.4, -0.2) is 53.5 Å². The highest BCUT2D eigenvalue weighted by atomic mass is 35.5. The average molecular weight is 460 g/mol. The Kier molecular flexibility index (Phi) is 6.72. The van der Waals surface area contributed by atoms with Crippen LogP contribution in [0.5, 0.6) is 23.0 Å². The van der Waals surface area contributed by atoms with Gasteiger partial charge in [0.25, 0.3) is 0 Å². The summed E-state index contributed by atoms with van der Waals surface area (Å²) in [5, 5.41) is -0.185. The fourth-order valence-electron chi connectivity index (χ4n) is 3.17. The van der Waals surface area contributed by atoms with Crippen LogP contribution in [0.15, 0.2) is 35.2 Å². The third kappa shape index (κ3) is 4.09. The van der Waals surface area contributed by atoms with E-state index in [0.29, 0.717) is 40.1 Å². The van der Waals surface area contributed by atoms with Crippen LogP contribution in [0, 0.1) is 0 Å². The molecule has 0 spiro atoms.